The van der Waals surface area contributed by atoms with Crippen molar-refractivity contribution in [2.75, 3.05) is 12.4 Å². The van der Waals surface area contributed by atoms with Gasteiger partial charge in [0.15, 0.2) is 0 Å². The average molecular weight is 258 g/mol. The fraction of sp³-hybridized carbons (Fsp3) is 0.286. The molecule has 0 aliphatic rings. The second-order valence-electron chi connectivity index (χ2n) is 4.34. The Hall–Kier alpha value is -2.14. The highest BCUT2D eigenvalue weighted by Gasteiger charge is 2.08. The lowest BCUT2D eigenvalue weighted by Gasteiger charge is -2.14. The summed E-state index contributed by atoms with van der Waals surface area (Å²) in [5.41, 5.74) is 7.94. The predicted molar refractivity (Wildman–Crippen MR) is 75.6 cm³/mol. The minimum atomic E-state index is -0.0477. The van der Waals surface area contributed by atoms with E-state index < -0.39 is 0 Å². The van der Waals surface area contributed by atoms with E-state index in [-0.39, 0.29) is 6.04 Å². The SMILES string of the molecule is COc1cc(Nc2ccccc2C(C)N)nc(C)n1. The number of benzene rings is 1. The zero-order valence-corrected chi connectivity index (χ0v) is 11.3. The van der Waals surface area contributed by atoms with Gasteiger partial charge in [-0.05, 0) is 25.5 Å². The monoisotopic (exact) mass is 258 g/mol. The molecule has 1 aromatic carbocycles. The molecule has 1 aromatic heterocycles. The molecule has 0 saturated carbocycles. The Morgan fingerprint density at radius 1 is 1.26 bits per heavy atom. The van der Waals surface area contributed by atoms with Crippen molar-refractivity contribution in [3.63, 3.8) is 0 Å². The third-order valence-electron chi connectivity index (χ3n) is 2.74. The van der Waals surface area contributed by atoms with Crippen LogP contribution in [0.25, 0.3) is 0 Å². The van der Waals surface area contributed by atoms with Crippen molar-refractivity contribution in [3.8, 4) is 5.88 Å². The second kappa shape index (κ2) is 5.67. The number of nitrogens with one attached hydrogen (secondary N) is 1. The van der Waals surface area contributed by atoms with Crippen molar-refractivity contribution >= 4 is 11.5 Å². The zero-order chi connectivity index (χ0) is 13.8. The minimum absolute atomic E-state index is 0.0477. The molecule has 2 aromatic rings. The summed E-state index contributed by atoms with van der Waals surface area (Å²) >= 11 is 0. The molecule has 0 spiro atoms. The topological polar surface area (TPSA) is 73.1 Å². The highest BCUT2D eigenvalue weighted by molar-refractivity contribution is 5.61. The van der Waals surface area contributed by atoms with Crippen LogP contribution in [0.1, 0.15) is 24.4 Å². The summed E-state index contributed by atoms with van der Waals surface area (Å²) in [6.07, 6.45) is 0. The smallest absolute Gasteiger partial charge is 0.218 e. The molecule has 0 fully saturated rings. The molecule has 0 saturated heterocycles. The van der Waals surface area contributed by atoms with Gasteiger partial charge >= 0.3 is 0 Å². The highest BCUT2D eigenvalue weighted by atomic mass is 16.5. The maximum Gasteiger partial charge on any atom is 0.218 e. The molecule has 1 atom stereocenters. The number of rotatable bonds is 4. The van der Waals surface area contributed by atoms with Gasteiger partial charge in [-0.15, -0.1) is 0 Å². The maximum atomic E-state index is 5.96. The van der Waals surface area contributed by atoms with Crippen molar-refractivity contribution < 1.29 is 4.74 Å². The normalized spacial score (nSPS) is 12.0. The highest BCUT2D eigenvalue weighted by Crippen LogP contribution is 2.25. The Bertz CT molecular complexity index is 569. The lowest BCUT2D eigenvalue weighted by Crippen LogP contribution is -2.08. The molecular weight excluding hydrogens is 240 g/mol. The molecule has 0 bridgehead atoms. The molecule has 19 heavy (non-hydrogen) atoms. The molecular formula is C14H18N4O. The fourth-order valence-electron chi connectivity index (χ4n) is 1.85. The number of ether oxygens (including phenoxy) is 1. The standard InChI is InChI=1S/C14H18N4O/c1-9(15)11-6-4-5-7-12(11)18-13-8-14(19-3)17-10(2)16-13/h4-9H,15H2,1-3H3,(H,16,17,18). The van der Waals surface area contributed by atoms with E-state index in [0.717, 1.165) is 11.3 Å². The Morgan fingerprint density at radius 3 is 2.68 bits per heavy atom. The quantitative estimate of drug-likeness (QED) is 0.881. The average Bonchev–Trinajstić information content (AvgIpc) is 2.38. The van der Waals surface area contributed by atoms with Crippen molar-refractivity contribution in [2.45, 2.75) is 19.9 Å². The number of nitrogens with zero attached hydrogens (tertiary/aromatic N) is 2. The number of anilines is 2. The summed E-state index contributed by atoms with van der Waals surface area (Å²) in [6, 6.07) is 9.61. The molecule has 0 amide bonds. The van der Waals surface area contributed by atoms with E-state index >= 15 is 0 Å². The zero-order valence-electron chi connectivity index (χ0n) is 11.3. The van der Waals surface area contributed by atoms with Crippen molar-refractivity contribution in [2.24, 2.45) is 5.73 Å². The van der Waals surface area contributed by atoms with Gasteiger partial charge in [-0.25, -0.2) is 4.98 Å². The summed E-state index contributed by atoms with van der Waals surface area (Å²) in [6.45, 7) is 3.78. The molecule has 0 radical (unpaired) electrons. The van der Waals surface area contributed by atoms with Gasteiger partial charge in [0.2, 0.25) is 5.88 Å². The lowest BCUT2D eigenvalue weighted by atomic mass is 10.1. The van der Waals surface area contributed by atoms with E-state index in [9.17, 15) is 0 Å². The van der Waals surface area contributed by atoms with Crippen molar-refractivity contribution in [1.82, 2.24) is 9.97 Å². The minimum Gasteiger partial charge on any atom is -0.481 e. The first kappa shape index (κ1) is 13.3. The molecule has 5 heteroatoms. The van der Waals surface area contributed by atoms with E-state index in [1.165, 1.54) is 0 Å². The van der Waals surface area contributed by atoms with E-state index in [2.05, 4.69) is 15.3 Å². The van der Waals surface area contributed by atoms with Crippen LogP contribution in [-0.2, 0) is 0 Å². The van der Waals surface area contributed by atoms with E-state index in [1.54, 1.807) is 13.2 Å². The third kappa shape index (κ3) is 3.20. The molecule has 100 valence electrons. The number of para-hydroxylation sites is 1. The summed E-state index contributed by atoms with van der Waals surface area (Å²) in [5.74, 6) is 1.88. The molecule has 0 aliphatic heterocycles. The predicted octanol–water partition coefficient (Wildman–Crippen LogP) is 2.56. The van der Waals surface area contributed by atoms with Gasteiger partial charge < -0.3 is 15.8 Å². The number of hydrogen-bond donors (Lipinski definition) is 2. The van der Waals surface area contributed by atoms with E-state index in [1.807, 2.05) is 38.1 Å². The number of hydrogen-bond acceptors (Lipinski definition) is 5. The summed E-state index contributed by atoms with van der Waals surface area (Å²) < 4.78 is 5.14. The van der Waals surface area contributed by atoms with Gasteiger partial charge in [0.25, 0.3) is 0 Å². The van der Waals surface area contributed by atoms with Crippen LogP contribution in [0.2, 0.25) is 0 Å². The number of methoxy groups -OCH3 is 1. The molecule has 5 nitrogen and oxygen atoms in total. The van der Waals surface area contributed by atoms with Gasteiger partial charge in [0.05, 0.1) is 7.11 Å². The van der Waals surface area contributed by atoms with Crippen LogP contribution in [0.5, 0.6) is 5.88 Å². The van der Waals surface area contributed by atoms with Gasteiger partial charge in [0, 0.05) is 17.8 Å². The summed E-state index contributed by atoms with van der Waals surface area (Å²) in [7, 11) is 1.58. The summed E-state index contributed by atoms with van der Waals surface area (Å²) in [4.78, 5) is 8.49. The largest absolute Gasteiger partial charge is 0.481 e. The van der Waals surface area contributed by atoms with Gasteiger partial charge in [0.1, 0.15) is 11.6 Å². The Balaban J connectivity index is 2.33. The Kier molecular flexibility index (Phi) is 3.97. The van der Waals surface area contributed by atoms with Gasteiger partial charge in [-0.3, -0.25) is 0 Å². The fourth-order valence-corrected chi connectivity index (χ4v) is 1.85. The van der Waals surface area contributed by atoms with Crippen LogP contribution >= 0.6 is 0 Å². The lowest BCUT2D eigenvalue weighted by molar-refractivity contribution is 0.396. The number of aryl methyl sites for hydroxylation is 1. The molecule has 2 rings (SSSR count). The van der Waals surface area contributed by atoms with Crippen LogP contribution in [0, 0.1) is 6.92 Å². The molecule has 1 unspecified atom stereocenters. The first-order valence-corrected chi connectivity index (χ1v) is 6.11. The van der Waals surface area contributed by atoms with Crippen molar-refractivity contribution in [3.05, 3.63) is 41.7 Å². The van der Waals surface area contributed by atoms with Crippen LogP contribution in [-0.4, -0.2) is 17.1 Å². The van der Waals surface area contributed by atoms with E-state index in [4.69, 9.17) is 10.5 Å². The molecule has 3 N–H and O–H groups in total. The van der Waals surface area contributed by atoms with Crippen LogP contribution < -0.4 is 15.8 Å². The van der Waals surface area contributed by atoms with Gasteiger partial charge in [-0.1, -0.05) is 18.2 Å². The van der Waals surface area contributed by atoms with Gasteiger partial charge in [-0.2, -0.15) is 4.98 Å². The summed E-state index contributed by atoms with van der Waals surface area (Å²) in [5, 5.41) is 3.26. The maximum absolute atomic E-state index is 5.96. The molecule has 1 heterocycles. The number of aromatic nitrogens is 2. The number of nitrogens with two attached hydrogens (primary N) is 1. The van der Waals surface area contributed by atoms with Crippen LogP contribution in [0.4, 0.5) is 11.5 Å². The first-order chi connectivity index (χ1) is 9.10. The Morgan fingerprint density at radius 2 is 2.00 bits per heavy atom. The third-order valence-corrected chi connectivity index (χ3v) is 2.74. The molecule has 0 aliphatic carbocycles. The Labute approximate surface area is 112 Å². The van der Waals surface area contributed by atoms with Crippen LogP contribution in [0.15, 0.2) is 30.3 Å². The van der Waals surface area contributed by atoms with Crippen LogP contribution in [0.3, 0.4) is 0 Å². The van der Waals surface area contributed by atoms with Crippen molar-refractivity contribution in [1.29, 1.82) is 0 Å². The first-order valence-electron chi connectivity index (χ1n) is 6.11. The second-order valence-corrected chi connectivity index (χ2v) is 4.34. The van der Waals surface area contributed by atoms with E-state index in [0.29, 0.717) is 17.5 Å².